The first-order valence-corrected chi connectivity index (χ1v) is 5.75. The largest absolute Gasteiger partial charge is 0.498 e. The van der Waals surface area contributed by atoms with Gasteiger partial charge >= 0.3 is 0 Å². The molecule has 3 saturated carbocycles. The fourth-order valence-corrected chi connectivity index (χ4v) is 4.31. The lowest BCUT2D eigenvalue weighted by molar-refractivity contribution is 0.0210. The standard InChI is InChI=1S/C12H18O2/c1-2-14-11-6-7-5-9(11)8-3-4-10(13)12(7)8/h2,7-13H,1,3-6H2. The Morgan fingerprint density at radius 3 is 2.86 bits per heavy atom. The molecule has 78 valence electrons. The zero-order chi connectivity index (χ0) is 9.71. The molecule has 1 N–H and O–H groups in total. The van der Waals surface area contributed by atoms with Crippen molar-refractivity contribution in [1.29, 1.82) is 0 Å². The number of aliphatic hydroxyl groups is 1. The Kier molecular flexibility index (Phi) is 1.88. The zero-order valence-electron chi connectivity index (χ0n) is 8.43. The van der Waals surface area contributed by atoms with Gasteiger partial charge in [0.1, 0.15) is 6.10 Å². The molecular weight excluding hydrogens is 176 g/mol. The average Bonchev–Trinajstić information content (AvgIpc) is 2.78. The van der Waals surface area contributed by atoms with Gasteiger partial charge in [-0.2, -0.15) is 0 Å². The zero-order valence-corrected chi connectivity index (χ0v) is 8.43. The SMILES string of the molecule is C=COC1CC2CC1C1CCC(O)C21. The van der Waals surface area contributed by atoms with Crippen LogP contribution >= 0.6 is 0 Å². The number of hydrogen-bond donors (Lipinski definition) is 1. The summed E-state index contributed by atoms with van der Waals surface area (Å²) in [6.07, 6.45) is 6.64. The maximum absolute atomic E-state index is 9.88. The van der Waals surface area contributed by atoms with E-state index in [1.54, 1.807) is 6.26 Å². The molecule has 6 atom stereocenters. The van der Waals surface area contributed by atoms with E-state index in [4.69, 9.17) is 4.74 Å². The molecule has 2 heteroatoms. The lowest BCUT2D eigenvalue weighted by Gasteiger charge is -2.31. The van der Waals surface area contributed by atoms with Gasteiger partial charge in [-0.25, -0.2) is 0 Å². The van der Waals surface area contributed by atoms with Gasteiger partial charge in [0.2, 0.25) is 0 Å². The predicted molar refractivity (Wildman–Crippen MR) is 53.5 cm³/mol. The molecule has 2 bridgehead atoms. The Morgan fingerprint density at radius 2 is 2.07 bits per heavy atom. The summed E-state index contributed by atoms with van der Waals surface area (Å²) in [5.74, 6) is 2.78. The van der Waals surface area contributed by atoms with Crippen LogP contribution in [0, 0.1) is 23.7 Å². The third kappa shape index (κ3) is 1.01. The minimum Gasteiger partial charge on any atom is -0.498 e. The monoisotopic (exact) mass is 194 g/mol. The molecule has 3 aliphatic carbocycles. The molecule has 0 radical (unpaired) electrons. The molecule has 6 unspecified atom stereocenters. The normalized spacial score (nSPS) is 54.6. The van der Waals surface area contributed by atoms with Gasteiger partial charge in [0.05, 0.1) is 12.4 Å². The van der Waals surface area contributed by atoms with Crippen LogP contribution in [0.1, 0.15) is 25.7 Å². The van der Waals surface area contributed by atoms with Crippen LogP contribution in [0.15, 0.2) is 12.8 Å². The summed E-state index contributed by atoms with van der Waals surface area (Å²) in [5, 5.41) is 9.88. The second-order valence-corrected chi connectivity index (χ2v) is 5.12. The van der Waals surface area contributed by atoms with Crippen molar-refractivity contribution in [2.24, 2.45) is 23.7 Å². The highest BCUT2D eigenvalue weighted by atomic mass is 16.5. The summed E-state index contributed by atoms with van der Waals surface area (Å²) in [6, 6.07) is 0. The predicted octanol–water partition coefficient (Wildman–Crippen LogP) is 1.94. The summed E-state index contributed by atoms with van der Waals surface area (Å²) in [5.41, 5.74) is 0. The Labute approximate surface area is 85.0 Å². The number of fused-ring (bicyclic) bond motifs is 5. The van der Waals surface area contributed by atoms with Crippen LogP contribution in [-0.2, 0) is 4.74 Å². The molecule has 0 saturated heterocycles. The topological polar surface area (TPSA) is 29.5 Å². The fourth-order valence-electron chi connectivity index (χ4n) is 4.31. The molecule has 3 aliphatic rings. The van der Waals surface area contributed by atoms with Gasteiger partial charge in [0.15, 0.2) is 0 Å². The second kappa shape index (κ2) is 2.99. The van der Waals surface area contributed by atoms with Crippen molar-refractivity contribution in [3.05, 3.63) is 12.8 Å². The highest BCUT2D eigenvalue weighted by Crippen LogP contribution is 2.59. The molecule has 2 nitrogen and oxygen atoms in total. The highest BCUT2D eigenvalue weighted by molar-refractivity contribution is 5.06. The van der Waals surface area contributed by atoms with Gasteiger partial charge in [0.25, 0.3) is 0 Å². The van der Waals surface area contributed by atoms with Gasteiger partial charge in [-0.3, -0.25) is 0 Å². The Bertz CT molecular complexity index is 251. The van der Waals surface area contributed by atoms with Crippen LogP contribution in [0.2, 0.25) is 0 Å². The van der Waals surface area contributed by atoms with Crippen LogP contribution in [-0.4, -0.2) is 17.3 Å². The summed E-state index contributed by atoms with van der Waals surface area (Å²) in [6.45, 7) is 3.64. The first kappa shape index (κ1) is 8.78. The third-order valence-electron chi connectivity index (χ3n) is 4.69. The van der Waals surface area contributed by atoms with E-state index in [0.29, 0.717) is 17.9 Å². The van der Waals surface area contributed by atoms with Gasteiger partial charge in [0, 0.05) is 0 Å². The van der Waals surface area contributed by atoms with Gasteiger partial charge in [-0.05, 0) is 49.4 Å². The third-order valence-corrected chi connectivity index (χ3v) is 4.69. The summed E-state index contributed by atoms with van der Waals surface area (Å²) < 4.78 is 5.56. The molecule has 0 amide bonds. The van der Waals surface area contributed by atoms with E-state index in [2.05, 4.69) is 6.58 Å². The van der Waals surface area contributed by atoms with E-state index < -0.39 is 0 Å². The lowest BCUT2D eigenvalue weighted by Crippen LogP contribution is -2.32. The minimum atomic E-state index is -0.0142. The van der Waals surface area contributed by atoms with Crippen LogP contribution < -0.4 is 0 Å². The van der Waals surface area contributed by atoms with Crippen LogP contribution in [0.5, 0.6) is 0 Å². The molecule has 0 spiro atoms. The quantitative estimate of drug-likeness (QED) is 0.681. The van der Waals surface area contributed by atoms with Crippen molar-refractivity contribution < 1.29 is 9.84 Å². The van der Waals surface area contributed by atoms with Crippen molar-refractivity contribution in [3.63, 3.8) is 0 Å². The first-order chi connectivity index (χ1) is 6.81. The molecule has 14 heavy (non-hydrogen) atoms. The molecule has 0 aromatic carbocycles. The van der Waals surface area contributed by atoms with E-state index in [1.807, 2.05) is 0 Å². The van der Waals surface area contributed by atoms with Crippen LogP contribution in [0.3, 0.4) is 0 Å². The smallest absolute Gasteiger partial charge is 0.101 e. The number of hydrogen-bond acceptors (Lipinski definition) is 2. The summed E-state index contributed by atoms with van der Waals surface area (Å²) >= 11 is 0. The van der Waals surface area contributed by atoms with Crippen molar-refractivity contribution in [1.82, 2.24) is 0 Å². The maximum Gasteiger partial charge on any atom is 0.101 e. The van der Waals surface area contributed by atoms with Gasteiger partial charge in [-0.15, -0.1) is 0 Å². The average molecular weight is 194 g/mol. The molecule has 3 rings (SSSR count). The Hall–Kier alpha value is -0.500. The van der Waals surface area contributed by atoms with Crippen molar-refractivity contribution in [2.45, 2.75) is 37.9 Å². The molecule has 0 aromatic heterocycles. The van der Waals surface area contributed by atoms with Crippen LogP contribution in [0.25, 0.3) is 0 Å². The summed E-state index contributed by atoms with van der Waals surface area (Å²) in [7, 11) is 0. The molecule has 0 aromatic rings. The lowest BCUT2D eigenvalue weighted by atomic mass is 9.79. The Morgan fingerprint density at radius 1 is 1.21 bits per heavy atom. The second-order valence-electron chi connectivity index (χ2n) is 5.12. The van der Waals surface area contributed by atoms with E-state index in [9.17, 15) is 5.11 Å². The van der Waals surface area contributed by atoms with E-state index >= 15 is 0 Å². The highest BCUT2D eigenvalue weighted by Gasteiger charge is 2.57. The van der Waals surface area contributed by atoms with E-state index in [0.717, 1.165) is 24.7 Å². The van der Waals surface area contributed by atoms with Crippen molar-refractivity contribution in [3.8, 4) is 0 Å². The van der Waals surface area contributed by atoms with Crippen molar-refractivity contribution >= 4 is 0 Å². The minimum absolute atomic E-state index is 0.0142. The molecule has 3 fully saturated rings. The first-order valence-electron chi connectivity index (χ1n) is 5.75. The molecular formula is C12H18O2. The van der Waals surface area contributed by atoms with E-state index in [-0.39, 0.29) is 6.10 Å². The number of aliphatic hydroxyl groups excluding tert-OH is 1. The van der Waals surface area contributed by atoms with Gasteiger partial charge < -0.3 is 9.84 Å². The fraction of sp³-hybridized carbons (Fsp3) is 0.833. The van der Waals surface area contributed by atoms with Gasteiger partial charge in [-0.1, -0.05) is 6.58 Å². The van der Waals surface area contributed by atoms with E-state index in [1.165, 1.54) is 12.8 Å². The number of ether oxygens (including phenoxy) is 1. The van der Waals surface area contributed by atoms with Crippen LogP contribution in [0.4, 0.5) is 0 Å². The number of rotatable bonds is 2. The molecule has 0 heterocycles. The molecule has 0 aliphatic heterocycles. The summed E-state index contributed by atoms with van der Waals surface area (Å²) in [4.78, 5) is 0. The maximum atomic E-state index is 9.88. The van der Waals surface area contributed by atoms with Crippen molar-refractivity contribution in [2.75, 3.05) is 0 Å². The Balaban J connectivity index is 1.78.